The molecule has 2 atom stereocenters. The third-order valence-corrected chi connectivity index (χ3v) is 9.46. The zero-order valence-corrected chi connectivity index (χ0v) is 22.2. The molecule has 6 rings (SSSR count). The molecule has 1 heterocycles. The number of H-pyrrole nitrogens is 1. The summed E-state index contributed by atoms with van der Waals surface area (Å²) in [4.78, 5) is 20.6. The summed E-state index contributed by atoms with van der Waals surface area (Å²) in [7, 11) is -4.25. The first-order valence-electron chi connectivity index (χ1n) is 12.4. The number of benzene rings is 4. The Labute approximate surface area is 230 Å². The first-order valence-corrected chi connectivity index (χ1v) is 14.2. The van der Waals surface area contributed by atoms with Crippen molar-refractivity contribution in [2.24, 2.45) is 0 Å². The molecule has 196 valence electrons. The van der Waals surface area contributed by atoms with E-state index in [4.69, 9.17) is 11.6 Å². The van der Waals surface area contributed by atoms with Crippen LogP contribution >= 0.6 is 11.6 Å². The molecule has 0 radical (unpaired) electrons. The molecule has 2 N–H and O–H groups in total. The highest BCUT2D eigenvalue weighted by Gasteiger charge is 2.68. The lowest BCUT2D eigenvalue weighted by atomic mass is 10.1. The molecule has 0 aliphatic heterocycles. The maximum absolute atomic E-state index is 14.2. The van der Waals surface area contributed by atoms with Crippen molar-refractivity contribution < 1.29 is 18.3 Å². The van der Waals surface area contributed by atoms with Crippen LogP contribution in [0.3, 0.4) is 0 Å². The first-order chi connectivity index (χ1) is 18.8. The summed E-state index contributed by atoms with van der Waals surface area (Å²) in [5.74, 6) is -1.31. The highest BCUT2D eigenvalue weighted by Crippen LogP contribution is 2.57. The van der Waals surface area contributed by atoms with Gasteiger partial charge in [0.25, 0.3) is 0 Å². The zero-order valence-electron chi connectivity index (χ0n) is 20.7. The lowest BCUT2D eigenvalue weighted by Crippen LogP contribution is -2.48. The topological polar surface area (TPSA) is 103 Å². The van der Waals surface area contributed by atoms with E-state index >= 15 is 0 Å². The van der Waals surface area contributed by atoms with E-state index in [0.29, 0.717) is 16.4 Å². The molecule has 39 heavy (non-hydrogen) atoms. The number of hydrogen-bond acceptors (Lipinski definition) is 4. The average molecular weight is 558 g/mol. The zero-order chi connectivity index (χ0) is 27.2. The molecular formula is C30H24ClN3O4S. The maximum atomic E-state index is 14.2. The molecule has 0 unspecified atom stereocenters. The number of halogens is 1. The van der Waals surface area contributed by atoms with Gasteiger partial charge in [-0.25, -0.2) is 13.4 Å². The van der Waals surface area contributed by atoms with Gasteiger partial charge >= 0.3 is 5.97 Å². The number of para-hydroxylation sites is 2. The highest BCUT2D eigenvalue weighted by atomic mass is 35.5. The molecular weight excluding hydrogens is 534 g/mol. The normalized spacial score (nSPS) is 18.9. The van der Waals surface area contributed by atoms with Gasteiger partial charge in [0.2, 0.25) is 10.0 Å². The van der Waals surface area contributed by atoms with E-state index in [2.05, 4.69) is 9.97 Å². The number of hydrogen-bond donors (Lipinski definition) is 2. The number of nitrogens with zero attached hydrogens (tertiary/aromatic N) is 2. The van der Waals surface area contributed by atoms with Crippen LogP contribution in [0.1, 0.15) is 23.7 Å². The number of nitrogens with one attached hydrogen (secondary N) is 1. The minimum absolute atomic E-state index is 0.00987. The Balaban J connectivity index is 1.42. The van der Waals surface area contributed by atoms with Gasteiger partial charge in [0.15, 0.2) is 0 Å². The Hall–Kier alpha value is -3.98. The molecule has 9 heteroatoms. The third-order valence-electron chi connectivity index (χ3n) is 7.30. The summed E-state index contributed by atoms with van der Waals surface area (Å²) >= 11 is 6.00. The van der Waals surface area contributed by atoms with Crippen molar-refractivity contribution in [3.05, 3.63) is 120 Å². The van der Waals surface area contributed by atoms with Gasteiger partial charge in [-0.05, 0) is 59.5 Å². The quantitative estimate of drug-likeness (QED) is 0.240. The second-order valence-corrected chi connectivity index (χ2v) is 11.9. The van der Waals surface area contributed by atoms with Crippen LogP contribution in [0.25, 0.3) is 22.2 Å². The number of carboxylic acid groups (broad SMARTS) is 1. The second kappa shape index (κ2) is 9.64. The smallest absolute Gasteiger partial charge is 0.325 e. The number of carboxylic acids is 1. The minimum atomic E-state index is -4.25. The van der Waals surface area contributed by atoms with Crippen LogP contribution in [0.5, 0.6) is 0 Å². The van der Waals surface area contributed by atoms with Crippen molar-refractivity contribution in [3.63, 3.8) is 0 Å². The molecule has 1 aliphatic carbocycles. The Bertz CT molecular complexity index is 1740. The number of fused-ring (bicyclic) bond motifs is 1. The molecule has 7 nitrogen and oxygen atoms in total. The summed E-state index contributed by atoms with van der Waals surface area (Å²) in [5, 5.41) is 11.1. The van der Waals surface area contributed by atoms with Crippen molar-refractivity contribution in [2.45, 2.75) is 29.3 Å². The van der Waals surface area contributed by atoms with Gasteiger partial charge < -0.3 is 10.1 Å². The molecule has 0 bridgehead atoms. The van der Waals surface area contributed by atoms with E-state index in [1.165, 1.54) is 12.1 Å². The van der Waals surface area contributed by atoms with Crippen LogP contribution in [0.4, 0.5) is 0 Å². The van der Waals surface area contributed by atoms with Crippen molar-refractivity contribution in [1.82, 2.24) is 14.3 Å². The van der Waals surface area contributed by atoms with Crippen LogP contribution in [-0.2, 0) is 21.4 Å². The van der Waals surface area contributed by atoms with E-state index in [1.54, 1.807) is 24.3 Å². The number of aromatic nitrogens is 2. The fourth-order valence-electron chi connectivity index (χ4n) is 5.20. The van der Waals surface area contributed by atoms with Crippen molar-refractivity contribution >= 4 is 38.6 Å². The van der Waals surface area contributed by atoms with Crippen molar-refractivity contribution in [1.29, 1.82) is 0 Å². The number of rotatable bonds is 8. The van der Waals surface area contributed by atoms with Crippen LogP contribution in [0.15, 0.2) is 108 Å². The summed E-state index contributed by atoms with van der Waals surface area (Å²) in [6.07, 6.45) is 0.161. The summed E-state index contributed by atoms with van der Waals surface area (Å²) < 4.78 is 29.5. The van der Waals surface area contributed by atoms with Crippen molar-refractivity contribution in [2.75, 3.05) is 0 Å². The van der Waals surface area contributed by atoms with Gasteiger partial charge in [0.05, 0.1) is 22.5 Å². The SMILES string of the molecule is O=C(O)[C@@]1(N(Cc2nc3ccccc3[nH]2)S(=O)(=O)c2ccc(-c3ccc(Cl)cc3)cc2)C[C@H]1c1ccccc1. The second-order valence-electron chi connectivity index (χ2n) is 9.64. The number of carbonyl (C=O) groups is 1. The summed E-state index contributed by atoms with van der Waals surface area (Å²) in [5.41, 5.74) is 2.26. The molecule has 1 aliphatic rings. The minimum Gasteiger partial charge on any atom is -0.480 e. The largest absolute Gasteiger partial charge is 0.480 e. The number of aromatic amines is 1. The van der Waals surface area contributed by atoms with E-state index in [1.807, 2.05) is 66.7 Å². The molecule has 1 saturated carbocycles. The van der Waals surface area contributed by atoms with E-state index < -0.39 is 27.4 Å². The predicted octanol–water partition coefficient (Wildman–Crippen LogP) is 6.09. The Morgan fingerprint density at radius 2 is 1.54 bits per heavy atom. The lowest BCUT2D eigenvalue weighted by molar-refractivity contribution is -0.143. The fraction of sp³-hybridized carbons (Fsp3) is 0.133. The van der Waals surface area contributed by atoms with Crippen LogP contribution in [-0.4, -0.2) is 39.3 Å². The number of imidazole rings is 1. The Kier molecular flexibility index (Phi) is 6.26. The number of sulfonamides is 1. The monoisotopic (exact) mass is 557 g/mol. The lowest BCUT2D eigenvalue weighted by Gasteiger charge is -2.29. The molecule has 4 aromatic carbocycles. The van der Waals surface area contributed by atoms with Gasteiger partial charge in [-0.2, -0.15) is 4.31 Å². The maximum Gasteiger partial charge on any atom is 0.325 e. The van der Waals surface area contributed by atoms with E-state index in [9.17, 15) is 18.3 Å². The van der Waals surface area contributed by atoms with Crippen molar-refractivity contribution in [3.8, 4) is 11.1 Å². The summed E-state index contributed by atoms with van der Waals surface area (Å²) in [6.45, 7) is -0.217. The Morgan fingerprint density at radius 1 is 0.923 bits per heavy atom. The molecule has 0 amide bonds. The average Bonchev–Trinajstić information content (AvgIpc) is 3.57. The first kappa shape index (κ1) is 25.3. The van der Waals surface area contributed by atoms with Crippen LogP contribution < -0.4 is 0 Å². The van der Waals surface area contributed by atoms with Crippen LogP contribution in [0.2, 0.25) is 5.02 Å². The van der Waals surface area contributed by atoms with Gasteiger partial charge in [0.1, 0.15) is 11.4 Å². The van der Waals surface area contributed by atoms with E-state index in [0.717, 1.165) is 26.5 Å². The van der Waals surface area contributed by atoms with Gasteiger partial charge in [0, 0.05) is 10.9 Å². The molecule has 1 aromatic heterocycles. The number of aliphatic carboxylic acids is 1. The molecule has 1 fully saturated rings. The molecule has 0 saturated heterocycles. The van der Waals surface area contributed by atoms with Crippen LogP contribution in [0, 0.1) is 0 Å². The molecule has 5 aromatic rings. The highest BCUT2D eigenvalue weighted by molar-refractivity contribution is 7.89. The molecule has 0 spiro atoms. The Morgan fingerprint density at radius 3 is 2.18 bits per heavy atom. The fourth-order valence-corrected chi connectivity index (χ4v) is 7.06. The standard InChI is InChI=1S/C30H24ClN3O4S/c31-23-14-10-20(11-15-23)21-12-16-24(17-13-21)39(37,38)34(19-28-32-26-8-4-5-9-27(26)33-28)30(29(35)36)18-25(30)22-6-2-1-3-7-22/h1-17,25H,18-19H2,(H,32,33)(H,35,36)/t25-,30+/m0/s1. The predicted molar refractivity (Wildman–Crippen MR) is 150 cm³/mol. The van der Waals surface area contributed by atoms with Gasteiger partial charge in [-0.3, -0.25) is 4.79 Å². The van der Waals surface area contributed by atoms with Gasteiger partial charge in [-0.15, -0.1) is 0 Å². The third kappa shape index (κ3) is 4.50. The summed E-state index contributed by atoms with van der Waals surface area (Å²) in [6, 6.07) is 30.2. The van der Waals surface area contributed by atoms with E-state index in [-0.39, 0.29) is 17.9 Å². The van der Waals surface area contributed by atoms with Gasteiger partial charge in [-0.1, -0.05) is 78.3 Å².